The van der Waals surface area contributed by atoms with Gasteiger partial charge >= 0.3 is 0 Å². The second-order valence-electron chi connectivity index (χ2n) is 6.71. The van der Waals surface area contributed by atoms with Gasteiger partial charge in [-0.1, -0.05) is 43.4 Å². The van der Waals surface area contributed by atoms with Crippen molar-refractivity contribution in [3.05, 3.63) is 34.6 Å². The fourth-order valence-electron chi connectivity index (χ4n) is 3.63. The highest BCUT2D eigenvalue weighted by Crippen LogP contribution is 2.38. The highest BCUT2D eigenvalue weighted by molar-refractivity contribution is 6.31. The first-order valence-electron chi connectivity index (χ1n) is 8.42. The molecule has 2 saturated carbocycles. The summed E-state index contributed by atoms with van der Waals surface area (Å²) in [6.45, 7) is 0.987. The minimum Gasteiger partial charge on any atom is -0.313 e. The van der Waals surface area contributed by atoms with E-state index in [-0.39, 0.29) is 5.82 Å². The number of hydrogen-bond donors (Lipinski definition) is 1. The van der Waals surface area contributed by atoms with Crippen LogP contribution < -0.4 is 5.32 Å². The summed E-state index contributed by atoms with van der Waals surface area (Å²) in [6.07, 6.45) is 10.5. The molecule has 2 aliphatic rings. The lowest BCUT2D eigenvalue weighted by atomic mass is 9.81. The van der Waals surface area contributed by atoms with Crippen LogP contribution in [0.15, 0.2) is 18.2 Å². The lowest BCUT2D eigenvalue weighted by molar-refractivity contribution is 0.360. The highest BCUT2D eigenvalue weighted by atomic mass is 35.5. The van der Waals surface area contributed by atoms with Crippen LogP contribution in [0, 0.1) is 11.7 Å². The van der Waals surface area contributed by atoms with Gasteiger partial charge in [0.05, 0.1) is 0 Å². The number of hydrogen-bond acceptors (Lipinski definition) is 1. The fraction of sp³-hybridized carbons (Fsp3) is 0.667. The molecule has 0 amide bonds. The van der Waals surface area contributed by atoms with Crippen molar-refractivity contribution in [2.45, 2.75) is 63.3 Å². The maximum absolute atomic E-state index is 13.3. The molecule has 3 rings (SSSR count). The first-order chi connectivity index (χ1) is 10.2. The Bertz CT molecular complexity index is 464. The third kappa shape index (κ3) is 4.20. The lowest BCUT2D eigenvalue weighted by Crippen LogP contribution is -2.28. The summed E-state index contributed by atoms with van der Waals surface area (Å²) >= 11 is 6.35. The van der Waals surface area contributed by atoms with Gasteiger partial charge < -0.3 is 5.32 Å². The van der Waals surface area contributed by atoms with Gasteiger partial charge in [0.2, 0.25) is 0 Å². The van der Waals surface area contributed by atoms with E-state index in [1.165, 1.54) is 57.4 Å². The van der Waals surface area contributed by atoms with Crippen LogP contribution in [0.5, 0.6) is 0 Å². The van der Waals surface area contributed by atoms with Crippen molar-refractivity contribution >= 4 is 11.6 Å². The standard InChI is InChI=1S/C18H25ClFN/c19-18-11-14(20)7-10-16(18)17(12-21-15-8-9-15)13-5-3-1-2-4-6-13/h7,10-11,13,15,17,21H,1-6,8-9,12H2. The molecule has 0 heterocycles. The monoisotopic (exact) mass is 309 g/mol. The Morgan fingerprint density at radius 1 is 1.10 bits per heavy atom. The van der Waals surface area contributed by atoms with Gasteiger partial charge in [-0.2, -0.15) is 0 Å². The van der Waals surface area contributed by atoms with Crippen LogP contribution in [-0.4, -0.2) is 12.6 Å². The van der Waals surface area contributed by atoms with Crippen molar-refractivity contribution in [2.24, 2.45) is 5.92 Å². The van der Waals surface area contributed by atoms with E-state index < -0.39 is 0 Å². The van der Waals surface area contributed by atoms with E-state index in [2.05, 4.69) is 5.32 Å². The quantitative estimate of drug-likeness (QED) is 0.729. The molecule has 1 nitrogen and oxygen atoms in total. The lowest BCUT2D eigenvalue weighted by Gasteiger charge is -2.28. The summed E-state index contributed by atoms with van der Waals surface area (Å²) in [7, 11) is 0. The maximum Gasteiger partial charge on any atom is 0.124 e. The van der Waals surface area contributed by atoms with Crippen molar-refractivity contribution in [1.82, 2.24) is 5.32 Å². The molecule has 2 fully saturated rings. The predicted molar refractivity (Wildman–Crippen MR) is 86.4 cm³/mol. The van der Waals surface area contributed by atoms with Crippen LogP contribution in [-0.2, 0) is 0 Å². The summed E-state index contributed by atoms with van der Waals surface area (Å²) in [6, 6.07) is 5.64. The van der Waals surface area contributed by atoms with Crippen molar-refractivity contribution in [2.75, 3.05) is 6.54 Å². The van der Waals surface area contributed by atoms with Crippen molar-refractivity contribution in [3.63, 3.8) is 0 Å². The minimum absolute atomic E-state index is 0.237. The third-order valence-electron chi connectivity index (χ3n) is 5.03. The summed E-state index contributed by atoms with van der Waals surface area (Å²) in [4.78, 5) is 0. The molecule has 0 bridgehead atoms. The summed E-state index contributed by atoms with van der Waals surface area (Å²) in [5, 5.41) is 4.26. The van der Waals surface area contributed by atoms with Crippen LogP contribution in [0.3, 0.4) is 0 Å². The molecular weight excluding hydrogens is 285 g/mol. The van der Waals surface area contributed by atoms with Crippen LogP contribution >= 0.6 is 11.6 Å². The van der Waals surface area contributed by atoms with E-state index in [9.17, 15) is 4.39 Å². The Balaban J connectivity index is 1.78. The minimum atomic E-state index is -0.237. The second-order valence-corrected chi connectivity index (χ2v) is 7.11. The molecule has 0 spiro atoms. The van der Waals surface area contributed by atoms with Crippen LogP contribution in [0.2, 0.25) is 5.02 Å². The number of rotatable bonds is 5. The molecule has 0 radical (unpaired) electrons. The largest absolute Gasteiger partial charge is 0.313 e. The predicted octanol–water partition coefficient (Wildman–Crippen LogP) is 5.29. The number of nitrogens with one attached hydrogen (secondary N) is 1. The number of benzene rings is 1. The summed E-state index contributed by atoms with van der Waals surface area (Å²) < 4.78 is 13.3. The average Bonchev–Trinajstić information content (AvgIpc) is 3.28. The third-order valence-corrected chi connectivity index (χ3v) is 5.36. The molecule has 21 heavy (non-hydrogen) atoms. The normalized spacial score (nSPS) is 22.0. The molecule has 1 N–H and O–H groups in total. The summed E-state index contributed by atoms with van der Waals surface area (Å²) in [5.41, 5.74) is 1.14. The summed E-state index contributed by atoms with van der Waals surface area (Å²) in [5.74, 6) is 0.872. The Labute approximate surface area is 132 Å². The first-order valence-corrected chi connectivity index (χ1v) is 8.80. The molecule has 0 aliphatic heterocycles. The van der Waals surface area contributed by atoms with Gasteiger partial charge in [0.25, 0.3) is 0 Å². The van der Waals surface area contributed by atoms with E-state index in [4.69, 9.17) is 11.6 Å². The zero-order valence-electron chi connectivity index (χ0n) is 12.6. The van der Waals surface area contributed by atoms with Gasteiger partial charge in [-0.25, -0.2) is 4.39 Å². The Hall–Kier alpha value is -0.600. The smallest absolute Gasteiger partial charge is 0.124 e. The molecule has 0 saturated heterocycles. The molecular formula is C18H25ClFN. The molecule has 3 heteroatoms. The van der Waals surface area contributed by atoms with E-state index in [0.717, 1.165) is 12.1 Å². The zero-order valence-corrected chi connectivity index (χ0v) is 13.3. The fourth-order valence-corrected chi connectivity index (χ4v) is 3.93. The van der Waals surface area contributed by atoms with Gasteiger partial charge in [-0.3, -0.25) is 0 Å². The van der Waals surface area contributed by atoms with Crippen molar-refractivity contribution < 1.29 is 4.39 Å². The van der Waals surface area contributed by atoms with Gasteiger partial charge in [0.15, 0.2) is 0 Å². The van der Waals surface area contributed by atoms with Crippen LogP contribution in [0.1, 0.15) is 62.8 Å². The Kier molecular flexibility index (Phi) is 5.18. The van der Waals surface area contributed by atoms with Gasteiger partial charge in [0.1, 0.15) is 5.82 Å². The SMILES string of the molecule is Fc1ccc(C(CNC2CC2)C2CCCCCC2)c(Cl)c1. The average molecular weight is 310 g/mol. The Morgan fingerprint density at radius 2 is 1.81 bits per heavy atom. The molecule has 116 valence electrons. The molecule has 0 aromatic heterocycles. The molecule has 1 unspecified atom stereocenters. The van der Waals surface area contributed by atoms with Crippen molar-refractivity contribution in [1.29, 1.82) is 0 Å². The van der Waals surface area contributed by atoms with Crippen LogP contribution in [0.4, 0.5) is 4.39 Å². The van der Waals surface area contributed by atoms with Gasteiger partial charge in [-0.15, -0.1) is 0 Å². The topological polar surface area (TPSA) is 12.0 Å². The Morgan fingerprint density at radius 3 is 2.43 bits per heavy atom. The van der Waals surface area contributed by atoms with E-state index in [1.54, 1.807) is 6.07 Å². The second kappa shape index (κ2) is 7.11. The molecule has 2 aliphatic carbocycles. The van der Waals surface area contributed by atoms with Crippen LogP contribution in [0.25, 0.3) is 0 Å². The molecule has 1 atom stereocenters. The zero-order chi connectivity index (χ0) is 14.7. The van der Waals surface area contributed by atoms with Gasteiger partial charge in [-0.05, 0) is 49.3 Å². The number of halogens is 2. The maximum atomic E-state index is 13.3. The van der Waals surface area contributed by atoms with Crippen molar-refractivity contribution in [3.8, 4) is 0 Å². The highest BCUT2D eigenvalue weighted by Gasteiger charge is 2.28. The van der Waals surface area contributed by atoms with E-state index >= 15 is 0 Å². The van der Waals surface area contributed by atoms with E-state index in [0.29, 0.717) is 22.9 Å². The first kappa shape index (κ1) is 15.3. The molecule has 1 aromatic carbocycles. The molecule has 1 aromatic rings. The van der Waals surface area contributed by atoms with E-state index in [1.807, 2.05) is 6.07 Å². The van der Waals surface area contributed by atoms with Gasteiger partial charge in [0, 0.05) is 23.5 Å².